The van der Waals surface area contributed by atoms with Crippen molar-refractivity contribution in [3.8, 4) is 5.75 Å². The topological polar surface area (TPSA) is 21.3 Å². The molecule has 0 aromatic heterocycles. The second-order valence-corrected chi connectivity index (χ2v) is 5.03. The molecule has 0 heterocycles. The van der Waals surface area contributed by atoms with Crippen LogP contribution in [0.2, 0.25) is 0 Å². The maximum absolute atomic E-state index is 13.9. The van der Waals surface area contributed by atoms with Gasteiger partial charge in [-0.1, -0.05) is 43.3 Å². The molecule has 3 heteroatoms. The number of benzene rings is 2. The molecular weight excluding hydrogens is 265 g/mol. The van der Waals surface area contributed by atoms with Gasteiger partial charge in [-0.05, 0) is 42.6 Å². The molecular formula is C18H22FNO. The Morgan fingerprint density at radius 2 is 1.90 bits per heavy atom. The van der Waals surface area contributed by atoms with Gasteiger partial charge in [0.25, 0.3) is 0 Å². The monoisotopic (exact) mass is 287 g/mol. The second-order valence-electron chi connectivity index (χ2n) is 5.03. The predicted octanol–water partition coefficient (Wildman–Crippen LogP) is 4.12. The third-order valence-corrected chi connectivity index (χ3v) is 3.59. The van der Waals surface area contributed by atoms with Crippen LogP contribution < -0.4 is 10.1 Å². The molecule has 112 valence electrons. The lowest BCUT2D eigenvalue weighted by atomic mass is 9.98. The second kappa shape index (κ2) is 7.79. The number of hydrogen-bond acceptors (Lipinski definition) is 2. The summed E-state index contributed by atoms with van der Waals surface area (Å²) >= 11 is 0. The van der Waals surface area contributed by atoms with Crippen LogP contribution in [0.4, 0.5) is 4.39 Å². The summed E-state index contributed by atoms with van der Waals surface area (Å²) in [4.78, 5) is 0. The molecule has 0 fully saturated rings. The Balaban J connectivity index is 2.09. The largest absolute Gasteiger partial charge is 0.494 e. The van der Waals surface area contributed by atoms with Gasteiger partial charge in [0.2, 0.25) is 0 Å². The molecule has 2 rings (SSSR count). The van der Waals surface area contributed by atoms with Gasteiger partial charge < -0.3 is 10.1 Å². The van der Waals surface area contributed by atoms with Crippen molar-refractivity contribution < 1.29 is 9.13 Å². The van der Waals surface area contributed by atoms with E-state index in [9.17, 15) is 4.39 Å². The first kappa shape index (κ1) is 15.5. The van der Waals surface area contributed by atoms with E-state index in [1.165, 1.54) is 12.7 Å². The molecule has 0 radical (unpaired) electrons. The fourth-order valence-electron chi connectivity index (χ4n) is 2.49. The molecule has 0 amide bonds. The Labute approximate surface area is 126 Å². The summed E-state index contributed by atoms with van der Waals surface area (Å²) in [6.07, 6.45) is 1.90. The fraction of sp³-hybridized carbons (Fsp3) is 0.333. The van der Waals surface area contributed by atoms with Crippen molar-refractivity contribution in [1.29, 1.82) is 0 Å². The minimum Gasteiger partial charge on any atom is -0.494 e. The Hall–Kier alpha value is -1.87. The molecule has 0 bridgehead atoms. The van der Waals surface area contributed by atoms with E-state index in [-0.39, 0.29) is 17.6 Å². The Morgan fingerprint density at radius 3 is 2.52 bits per heavy atom. The summed E-state index contributed by atoms with van der Waals surface area (Å²) in [6.45, 7) is 2.92. The van der Waals surface area contributed by atoms with Crippen LogP contribution >= 0.6 is 0 Å². The maximum atomic E-state index is 13.9. The van der Waals surface area contributed by atoms with Crippen LogP contribution in [0.25, 0.3) is 0 Å². The summed E-state index contributed by atoms with van der Waals surface area (Å²) < 4.78 is 18.8. The van der Waals surface area contributed by atoms with E-state index in [0.717, 1.165) is 24.9 Å². The van der Waals surface area contributed by atoms with Gasteiger partial charge in [-0.15, -0.1) is 0 Å². The van der Waals surface area contributed by atoms with Crippen molar-refractivity contribution in [2.45, 2.75) is 25.8 Å². The Morgan fingerprint density at radius 1 is 1.14 bits per heavy atom. The van der Waals surface area contributed by atoms with Crippen LogP contribution in [0.1, 0.15) is 30.5 Å². The number of halogens is 1. The zero-order valence-electron chi connectivity index (χ0n) is 12.6. The van der Waals surface area contributed by atoms with Crippen LogP contribution in [-0.2, 0) is 6.42 Å². The molecule has 1 unspecified atom stereocenters. The van der Waals surface area contributed by atoms with Crippen molar-refractivity contribution in [2.75, 3.05) is 13.7 Å². The van der Waals surface area contributed by atoms with Gasteiger partial charge >= 0.3 is 0 Å². The average molecular weight is 287 g/mol. The number of rotatable bonds is 7. The summed E-state index contributed by atoms with van der Waals surface area (Å²) in [5.74, 6) is -0.0188. The van der Waals surface area contributed by atoms with Gasteiger partial charge in [-0.3, -0.25) is 0 Å². The average Bonchev–Trinajstić information content (AvgIpc) is 2.52. The third kappa shape index (κ3) is 4.30. The molecule has 2 aromatic rings. The zero-order valence-corrected chi connectivity index (χ0v) is 12.6. The normalized spacial score (nSPS) is 12.1. The fourth-order valence-corrected chi connectivity index (χ4v) is 2.49. The lowest BCUT2D eigenvalue weighted by Crippen LogP contribution is -2.21. The summed E-state index contributed by atoms with van der Waals surface area (Å²) in [5, 5.41) is 3.43. The molecule has 0 aliphatic rings. The van der Waals surface area contributed by atoms with Gasteiger partial charge in [0.05, 0.1) is 7.11 Å². The maximum Gasteiger partial charge on any atom is 0.165 e. The molecule has 0 spiro atoms. The highest BCUT2D eigenvalue weighted by molar-refractivity contribution is 5.31. The lowest BCUT2D eigenvalue weighted by molar-refractivity contribution is 0.385. The number of methoxy groups -OCH3 is 1. The first-order chi connectivity index (χ1) is 10.2. The minimum absolute atomic E-state index is 0.149. The van der Waals surface area contributed by atoms with Gasteiger partial charge in [0, 0.05) is 6.04 Å². The molecule has 1 atom stereocenters. The van der Waals surface area contributed by atoms with Crippen LogP contribution in [0.3, 0.4) is 0 Å². The molecule has 0 saturated heterocycles. The van der Waals surface area contributed by atoms with E-state index in [0.29, 0.717) is 0 Å². The first-order valence-electron chi connectivity index (χ1n) is 7.35. The molecule has 0 aliphatic carbocycles. The van der Waals surface area contributed by atoms with E-state index < -0.39 is 0 Å². The molecule has 1 N–H and O–H groups in total. The van der Waals surface area contributed by atoms with Gasteiger partial charge in [-0.25, -0.2) is 4.39 Å². The number of ether oxygens (including phenoxy) is 1. The van der Waals surface area contributed by atoms with Crippen LogP contribution in [0.15, 0.2) is 48.5 Å². The highest BCUT2D eigenvalue weighted by atomic mass is 19.1. The number of hydrogen-bond donors (Lipinski definition) is 1. The van der Waals surface area contributed by atoms with Crippen LogP contribution in [0, 0.1) is 5.82 Å². The van der Waals surface area contributed by atoms with Crippen LogP contribution in [0.5, 0.6) is 5.75 Å². The molecule has 2 aromatic carbocycles. The molecule has 21 heavy (non-hydrogen) atoms. The summed E-state index contributed by atoms with van der Waals surface area (Å²) in [5.41, 5.74) is 2.26. The summed E-state index contributed by atoms with van der Waals surface area (Å²) in [7, 11) is 1.48. The first-order valence-corrected chi connectivity index (χ1v) is 7.35. The predicted molar refractivity (Wildman–Crippen MR) is 84.1 cm³/mol. The SMILES string of the molecule is CCNC(CCc1ccccc1)c1ccc(OC)c(F)c1. The minimum atomic E-state index is -0.308. The zero-order chi connectivity index (χ0) is 15.1. The highest BCUT2D eigenvalue weighted by Crippen LogP contribution is 2.24. The van der Waals surface area contributed by atoms with Crippen molar-refractivity contribution in [3.63, 3.8) is 0 Å². The smallest absolute Gasteiger partial charge is 0.165 e. The molecule has 2 nitrogen and oxygen atoms in total. The third-order valence-electron chi connectivity index (χ3n) is 3.59. The quantitative estimate of drug-likeness (QED) is 0.827. The summed E-state index contributed by atoms with van der Waals surface area (Å²) in [6, 6.07) is 15.7. The number of nitrogens with one attached hydrogen (secondary N) is 1. The van der Waals surface area contributed by atoms with E-state index in [1.54, 1.807) is 12.1 Å². The van der Waals surface area contributed by atoms with Crippen LogP contribution in [-0.4, -0.2) is 13.7 Å². The van der Waals surface area contributed by atoms with E-state index in [4.69, 9.17) is 4.74 Å². The Bertz CT molecular complexity index is 556. The molecule has 0 aliphatic heterocycles. The lowest BCUT2D eigenvalue weighted by Gasteiger charge is -2.19. The van der Waals surface area contributed by atoms with Gasteiger partial charge in [0.1, 0.15) is 0 Å². The van der Waals surface area contributed by atoms with Crippen molar-refractivity contribution in [3.05, 3.63) is 65.5 Å². The van der Waals surface area contributed by atoms with Crippen molar-refractivity contribution >= 4 is 0 Å². The van der Waals surface area contributed by atoms with Gasteiger partial charge in [0.15, 0.2) is 11.6 Å². The van der Waals surface area contributed by atoms with Gasteiger partial charge in [-0.2, -0.15) is 0 Å². The number of aryl methyl sites for hydroxylation is 1. The highest BCUT2D eigenvalue weighted by Gasteiger charge is 2.13. The van der Waals surface area contributed by atoms with Crippen molar-refractivity contribution in [2.24, 2.45) is 0 Å². The standard InChI is InChI=1S/C18H22FNO/c1-3-20-17(11-9-14-7-5-4-6-8-14)15-10-12-18(21-2)16(19)13-15/h4-8,10,12-13,17,20H,3,9,11H2,1-2H3. The van der Waals surface area contributed by atoms with E-state index in [2.05, 4.69) is 24.4 Å². The Kier molecular flexibility index (Phi) is 5.76. The van der Waals surface area contributed by atoms with Crippen molar-refractivity contribution in [1.82, 2.24) is 5.32 Å². The van der Waals surface area contributed by atoms with E-state index in [1.807, 2.05) is 24.3 Å². The molecule has 0 saturated carbocycles. The van der Waals surface area contributed by atoms with E-state index >= 15 is 0 Å².